The minimum absolute atomic E-state index is 0.0266. The van der Waals surface area contributed by atoms with Crippen molar-refractivity contribution in [1.29, 1.82) is 0 Å². The third-order valence-electron chi connectivity index (χ3n) is 6.30. The number of hydrogen-bond acceptors (Lipinski definition) is 5. The Labute approximate surface area is 190 Å². The molecule has 2 aromatic carbocycles. The van der Waals surface area contributed by atoms with E-state index in [1.54, 1.807) is 0 Å². The van der Waals surface area contributed by atoms with Gasteiger partial charge in [0, 0.05) is 12.1 Å². The summed E-state index contributed by atoms with van der Waals surface area (Å²) in [5.41, 5.74) is 4.56. The monoisotopic (exact) mass is 432 g/mol. The smallest absolute Gasteiger partial charge is 0.241 e. The van der Waals surface area contributed by atoms with Gasteiger partial charge in [-0.05, 0) is 50.8 Å². The van der Waals surface area contributed by atoms with Crippen LogP contribution in [0.15, 0.2) is 53.1 Å². The van der Waals surface area contributed by atoms with Crippen molar-refractivity contribution in [3.63, 3.8) is 0 Å². The van der Waals surface area contributed by atoms with Gasteiger partial charge in [0.25, 0.3) is 0 Å². The van der Waals surface area contributed by atoms with Crippen molar-refractivity contribution in [2.24, 2.45) is 5.92 Å². The first kappa shape index (κ1) is 22.2. The van der Waals surface area contributed by atoms with Crippen LogP contribution in [0.25, 0.3) is 11.4 Å². The molecule has 1 aromatic heterocycles. The summed E-state index contributed by atoms with van der Waals surface area (Å²) in [4.78, 5) is 19.9. The number of aromatic nitrogens is 2. The molecule has 32 heavy (non-hydrogen) atoms. The highest BCUT2D eigenvalue weighted by Gasteiger charge is 2.28. The average molecular weight is 433 g/mol. The van der Waals surface area contributed by atoms with E-state index in [9.17, 15) is 4.79 Å². The molecule has 0 radical (unpaired) electrons. The molecule has 1 fully saturated rings. The van der Waals surface area contributed by atoms with Gasteiger partial charge in [0.2, 0.25) is 17.6 Å². The quantitative estimate of drug-likeness (QED) is 0.579. The van der Waals surface area contributed by atoms with E-state index in [0.29, 0.717) is 24.8 Å². The molecule has 0 saturated carbocycles. The van der Waals surface area contributed by atoms with Crippen LogP contribution < -0.4 is 5.32 Å². The summed E-state index contributed by atoms with van der Waals surface area (Å²) in [7, 11) is 0. The molecule has 2 unspecified atom stereocenters. The van der Waals surface area contributed by atoms with E-state index >= 15 is 0 Å². The first-order valence-corrected chi connectivity index (χ1v) is 11.5. The van der Waals surface area contributed by atoms with Crippen molar-refractivity contribution in [1.82, 2.24) is 20.4 Å². The summed E-state index contributed by atoms with van der Waals surface area (Å²) in [5.74, 6) is 1.31. The minimum Gasteiger partial charge on any atom is -0.349 e. The molecule has 2 heterocycles. The predicted molar refractivity (Wildman–Crippen MR) is 125 cm³/mol. The molecule has 0 aliphatic carbocycles. The molecule has 6 heteroatoms. The van der Waals surface area contributed by atoms with Crippen LogP contribution in [0, 0.1) is 19.8 Å². The van der Waals surface area contributed by atoms with Gasteiger partial charge in [-0.2, -0.15) is 4.98 Å². The van der Waals surface area contributed by atoms with Crippen LogP contribution in [0.5, 0.6) is 0 Å². The molecule has 1 saturated heterocycles. The molecule has 1 amide bonds. The van der Waals surface area contributed by atoms with E-state index in [2.05, 4.69) is 53.3 Å². The third kappa shape index (κ3) is 5.25. The molecule has 4 rings (SSSR count). The number of carbonyl (C=O) groups is 1. The van der Waals surface area contributed by atoms with Gasteiger partial charge in [-0.25, -0.2) is 0 Å². The van der Waals surface area contributed by atoms with E-state index in [1.807, 2.05) is 36.4 Å². The fourth-order valence-corrected chi connectivity index (χ4v) is 4.41. The summed E-state index contributed by atoms with van der Waals surface area (Å²) < 4.78 is 5.50. The molecule has 168 valence electrons. The summed E-state index contributed by atoms with van der Waals surface area (Å²) in [5, 5.41) is 7.43. The van der Waals surface area contributed by atoms with Gasteiger partial charge >= 0.3 is 0 Å². The molecule has 1 aliphatic heterocycles. The van der Waals surface area contributed by atoms with Crippen LogP contribution in [-0.4, -0.2) is 34.0 Å². The van der Waals surface area contributed by atoms with Gasteiger partial charge in [0.15, 0.2) is 0 Å². The van der Waals surface area contributed by atoms with Crippen LogP contribution in [0.1, 0.15) is 54.8 Å². The summed E-state index contributed by atoms with van der Waals surface area (Å²) in [6.45, 7) is 8.47. The Morgan fingerprint density at radius 2 is 1.97 bits per heavy atom. The van der Waals surface area contributed by atoms with E-state index in [-0.39, 0.29) is 17.9 Å². The number of aryl methyl sites for hydroxylation is 2. The van der Waals surface area contributed by atoms with Gasteiger partial charge in [-0.3, -0.25) is 9.69 Å². The molecule has 1 N–H and O–H groups in total. The Morgan fingerprint density at radius 3 is 2.72 bits per heavy atom. The van der Waals surface area contributed by atoms with Crippen LogP contribution >= 0.6 is 0 Å². The van der Waals surface area contributed by atoms with Crippen molar-refractivity contribution in [3.8, 4) is 11.4 Å². The van der Waals surface area contributed by atoms with Gasteiger partial charge in [0.05, 0.1) is 18.5 Å². The maximum absolute atomic E-state index is 13.1. The molecular weight excluding hydrogens is 400 g/mol. The summed E-state index contributed by atoms with van der Waals surface area (Å²) >= 11 is 0. The first-order valence-electron chi connectivity index (χ1n) is 11.5. The zero-order chi connectivity index (χ0) is 22.5. The van der Waals surface area contributed by atoms with Gasteiger partial charge in [-0.15, -0.1) is 0 Å². The predicted octanol–water partition coefficient (Wildman–Crippen LogP) is 4.83. The van der Waals surface area contributed by atoms with Crippen molar-refractivity contribution < 1.29 is 9.32 Å². The zero-order valence-electron chi connectivity index (χ0n) is 19.2. The number of rotatable bonds is 7. The molecule has 3 aromatic rings. The fourth-order valence-electron chi connectivity index (χ4n) is 4.41. The second-order valence-corrected chi connectivity index (χ2v) is 8.78. The SMILES string of the molecule is CCC(NC(=O)C1CCCN(Cc2nc(-c3ccc(C)cc3)no2)C1)c1ccccc1C. The van der Waals surface area contributed by atoms with Crippen molar-refractivity contribution in [2.75, 3.05) is 13.1 Å². The van der Waals surface area contributed by atoms with E-state index in [4.69, 9.17) is 4.52 Å². The maximum atomic E-state index is 13.1. The molecule has 0 bridgehead atoms. The maximum Gasteiger partial charge on any atom is 0.241 e. The largest absolute Gasteiger partial charge is 0.349 e. The fraction of sp³-hybridized carbons (Fsp3) is 0.423. The van der Waals surface area contributed by atoms with Crippen LogP contribution in [0.3, 0.4) is 0 Å². The van der Waals surface area contributed by atoms with Crippen molar-refractivity contribution in [2.45, 2.75) is 52.6 Å². The molecule has 1 aliphatic rings. The lowest BCUT2D eigenvalue weighted by molar-refractivity contribution is -0.127. The molecule has 2 atom stereocenters. The second-order valence-electron chi connectivity index (χ2n) is 8.78. The van der Waals surface area contributed by atoms with E-state index < -0.39 is 0 Å². The number of likely N-dealkylation sites (tertiary alicyclic amines) is 1. The highest BCUT2D eigenvalue weighted by molar-refractivity contribution is 5.79. The topological polar surface area (TPSA) is 71.3 Å². The van der Waals surface area contributed by atoms with E-state index in [1.165, 1.54) is 16.7 Å². The minimum atomic E-state index is -0.0266. The van der Waals surface area contributed by atoms with Crippen LogP contribution in [0.2, 0.25) is 0 Å². The Kier molecular flexibility index (Phi) is 7.00. The van der Waals surface area contributed by atoms with Crippen molar-refractivity contribution in [3.05, 3.63) is 71.1 Å². The van der Waals surface area contributed by atoms with Gasteiger partial charge in [0.1, 0.15) is 0 Å². The Bertz CT molecular complexity index is 1040. The average Bonchev–Trinajstić information content (AvgIpc) is 3.27. The first-order chi connectivity index (χ1) is 15.5. The molecular formula is C26H32N4O2. The summed E-state index contributed by atoms with van der Waals surface area (Å²) in [6.07, 6.45) is 2.76. The number of piperidine rings is 1. The molecule has 0 spiro atoms. The lowest BCUT2D eigenvalue weighted by Crippen LogP contribution is -2.43. The number of carbonyl (C=O) groups excluding carboxylic acids is 1. The van der Waals surface area contributed by atoms with E-state index in [0.717, 1.165) is 31.4 Å². The molecule has 6 nitrogen and oxygen atoms in total. The lowest BCUT2D eigenvalue weighted by Gasteiger charge is -2.32. The van der Waals surface area contributed by atoms with Crippen LogP contribution in [0.4, 0.5) is 0 Å². The van der Waals surface area contributed by atoms with Crippen LogP contribution in [-0.2, 0) is 11.3 Å². The Morgan fingerprint density at radius 1 is 1.19 bits per heavy atom. The number of nitrogens with zero attached hydrogens (tertiary/aromatic N) is 3. The Balaban J connectivity index is 1.36. The third-order valence-corrected chi connectivity index (χ3v) is 6.30. The second kappa shape index (κ2) is 10.1. The zero-order valence-corrected chi connectivity index (χ0v) is 19.2. The summed E-state index contributed by atoms with van der Waals surface area (Å²) in [6, 6.07) is 16.4. The Hall–Kier alpha value is -2.99. The normalized spacial score (nSPS) is 17.8. The standard InChI is InChI=1S/C26H32N4O2/c1-4-23(22-10-6-5-8-19(22)3)27-26(31)21-9-7-15-30(16-21)17-24-28-25(29-32-24)20-13-11-18(2)12-14-20/h5-6,8,10-14,21,23H,4,7,9,15-17H2,1-3H3,(H,27,31). The lowest BCUT2D eigenvalue weighted by atomic mass is 9.94. The number of nitrogens with one attached hydrogen (secondary N) is 1. The highest BCUT2D eigenvalue weighted by atomic mass is 16.5. The number of hydrogen-bond donors (Lipinski definition) is 1. The van der Waals surface area contributed by atoms with Gasteiger partial charge < -0.3 is 9.84 Å². The highest BCUT2D eigenvalue weighted by Crippen LogP contribution is 2.24. The number of benzene rings is 2. The number of amides is 1. The van der Waals surface area contributed by atoms with Crippen molar-refractivity contribution >= 4 is 5.91 Å². The van der Waals surface area contributed by atoms with Gasteiger partial charge in [-0.1, -0.05) is 66.2 Å².